The number of aromatic amines is 1. The number of thiophene rings is 1. The van der Waals surface area contributed by atoms with Crippen LogP contribution in [0.4, 0.5) is 0 Å². The molecule has 6 nitrogen and oxygen atoms in total. The van der Waals surface area contributed by atoms with Crippen LogP contribution in [0.25, 0.3) is 0 Å². The standard InChI is InChI=1S/C15H21N5OS/c1-20(2)12(13-4-3-7-22-13)9-17-15(21)14-10-8-16-6-5-11(10)18-19-14/h3-4,7,12,16H,5-6,8-9H2,1-2H3,(H,17,21)(H,18,19). The van der Waals surface area contributed by atoms with Crippen molar-refractivity contribution in [3.8, 4) is 0 Å². The van der Waals surface area contributed by atoms with Gasteiger partial charge in [-0.2, -0.15) is 5.10 Å². The van der Waals surface area contributed by atoms with Crippen molar-refractivity contribution in [2.24, 2.45) is 0 Å². The Morgan fingerprint density at radius 3 is 3.14 bits per heavy atom. The van der Waals surface area contributed by atoms with Crippen molar-refractivity contribution < 1.29 is 4.79 Å². The maximum atomic E-state index is 12.4. The Labute approximate surface area is 133 Å². The molecule has 3 N–H and O–H groups in total. The van der Waals surface area contributed by atoms with Crippen LogP contribution in [0.2, 0.25) is 0 Å². The van der Waals surface area contributed by atoms with Crippen LogP contribution in [-0.4, -0.2) is 48.2 Å². The lowest BCUT2D eigenvalue weighted by Gasteiger charge is -2.23. The Kier molecular flexibility index (Phi) is 4.56. The van der Waals surface area contributed by atoms with Crippen LogP contribution in [0.15, 0.2) is 17.5 Å². The van der Waals surface area contributed by atoms with Gasteiger partial charge in [-0.05, 0) is 25.5 Å². The average molecular weight is 319 g/mol. The van der Waals surface area contributed by atoms with E-state index in [9.17, 15) is 4.79 Å². The van der Waals surface area contributed by atoms with Gasteiger partial charge in [-0.3, -0.25) is 9.89 Å². The minimum absolute atomic E-state index is 0.107. The molecule has 0 saturated carbocycles. The molecule has 1 aliphatic heterocycles. The average Bonchev–Trinajstić information content (AvgIpc) is 3.16. The van der Waals surface area contributed by atoms with Gasteiger partial charge < -0.3 is 15.5 Å². The van der Waals surface area contributed by atoms with E-state index < -0.39 is 0 Å². The number of fused-ring (bicyclic) bond motifs is 1. The summed E-state index contributed by atoms with van der Waals surface area (Å²) in [6.07, 6.45) is 0.894. The Morgan fingerprint density at radius 1 is 1.55 bits per heavy atom. The molecule has 2 aromatic rings. The highest BCUT2D eigenvalue weighted by Crippen LogP contribution is 2.22. The van der Waals surface area contributed by atoms with E-state index in [0.717, 1.165) is 24.2 Å². The number of nitrogens with one attached hydrogen (secondary N) is 3. The summed E-state index contributed by atoms with van der Waals surface area (Å²) in [5.74, 6) is -0.107. The number of carbonyl (C=O) groups is 1. The number of aromatic nitrogens is 2. The maximum absolute atomic E-state index is 12.4. The number of amides is 1. The van der Waals surface area contributed by atoms with Crippen LogP contribution in [0, 0.1) is 0 Å². The van der Waals surface area contributed by atoms with E-state index in [0.29, 0.717) is 18.8 Å². The van der Waals surface area contributed by atoms with E-state index in [1.165, 1.54) is 4.88 Å². The lowest BCUT2D eigenvalue weighted by molar-refractivity contribution is 0.0936. The van der Waals surface area contributed by atoms with E-state index in [4.69, 9.17) is 0 Å². The number of H-pyrrole nitrogens is 1. The second kappa shape index (κ2) is 6.60. The fraction of sp³-hybridized carbons (Fsp3) is 0.467. The zero-order valence-electron chi connectivity index (χ0n) is 12.8. The molecule has 3 rings (SSSR count). The summed E-state index contributed by atoms with van der Waals surface area (Å²) in [4.78, 5) is 15.8. The third-order valence-electron chi connectivity index (χ3n) is 3.97. The number of likely N-dealkylation sites (N-methyl/N-ethyl adjacent to an activating group) is 1. The largest absolute Gasteiger partial charge is 0.349 e. The number of carbonyl (C=O) groups excluding carboxylic acids is 1. The minimum atomic E-state index is -0.107. The van der Waals surface area contributed by atoms with Gasteiger partial charge in [0.2, 0.25) is 0 Å². The highest BCUT2D eigenvalue weighted by Gasteiger charge is 2.23. The molecule has 118 valence electrons. The summed E-state index contributed by atoms with van der Waals surface area (Å²) < 4.78 is 0. The second-order valence-electron chi connectivity index (χ2n) is 5.66. The van der Waals surface area contributed by atoms with E-state index >= 15 is 0 Å². The molecule has 1 aliphatic rings. The fourth-order valence-electron chi connectivity index (χ4n) is 2.70. The third kappa shape index (κ3) is 3.06. The molecule has 1 unspecified atom stereocenters. The molecule has 22 heavy (non-hydrogen) atoms. The van der Waals surface area contributed by atoms with Crippen LogP contribution in [-0.2, 0) is 13.0 Å². The summed E-state index contributed by atoms with van der Waals surface area (Å²) in [6, 6.07) is 4.31. The van der Waals surface area contributed by atoms with Crippen molar-refractivity contribution in [1.82, 2.24) is 25.7 Å². The topological polar surface area (TPSA) is 73.0 Å². The van der Waals surface area contributed by atoms with E-state index in [1.54, 1.807) is 11.3 Å². The molecule has 1 amide bonds. The predicted octanol–water partition coefficient (Wildman–Crippen LogP) is 1.15. The number of hydrogen-bond donors (Lipinski definition) is 3. The van der Waals surface area contributed by atoms with Gasteiger partial charge >= 0.3 is 0 Å². The molecule has 7 heteroatoms. The molecule has 0 aromatic carbocycles. The molecule has 0 spiro atoms. The van der Waals surface area contributed by atoms with Gasteiger partial charge in [0, 0.05) is 42.2 Å². The first-order valence-corrected chi connectivity index (χ1v) is 8.29. The van der Waals surface area contributed by atoms with Crippen molar-refractivity contribution in [2.75, 3.05) is 27.2 Å². The van der Waals surface area contributed by atoms with Gasteiger partial charge in [0.25, 0.3) is 5.91 Å². The highest BCUT2D eigenvalue weighted by molar-refractivity contribution is 7.10. The Bertz CT molecular complexity index is 634. The Morgan fingerprint density at radius 2 is 2.41 bits per heavy atom. The van der Waals surface area contributed by atoms with Crippen LogP contribution in [0.1, 0.15) is 32.7 Å². The predicted molar refractivity (Wildman–Crippen MR) is 87.1 cm³/mol. The Balaban J connectivity index is 1.68. The normalized spacial score (nSPS) is 15.6. The van der Waals surface area contributed by atoms with Crippen molar-refractivity contribution in [1.29, 1.82) is 0 Å². The molecular formula is C15H21N5OS. The van der Waals surface area contributed by atoms with Crippen molar-refractivity contribution in [2.45, 2.75) is 19.0 Å². The molecular weight excluding hydrogens is 298 g/mol. The zero-order chi connectivity index (χ0) is 15.5. The molecule has 3 heterocycles. The van der Waals surface area contributed by atoms with Crippen molar-refractivity contribution in [3.05, 3.63) is 39.3 Å². The van der Waals surface area contributed by atoms with E-state index in [-0.39, 0.29) is 11.9 Å². The van der Waals surface area contributed by atoms with Gasteiger partial charge in [-0.25, -0.2) is 0 Å². The summed E-state index contributed by atoms with van der Waals surface area (Å²) in [5, 5.41) is 15.5. The first kappa shape index (κ1) is 15.2. The summed E-state index contributed by atoms with van der Waals surface area (Å²) in [7, 11) is 4.05. The maximum Gasteiger partial charge on any atom is 0.272 e. The summed E-state index contributed by atoms with van der Waals surface area (Å²) in [6.45, 7) is 2.20. The fourth-order valence-corrected chi connectivity index (χ4v) is 3.63. The van der Waals surface area contributed by atoms with Gasteiger partial charge in [-0.15, -0.1) is 11.3 Å². The van der Waals surface area contributed by atoms with Gasteiger partial charge in [0.15, 0.2) is 5.69 Å². The third-order valence-corrected chi connectivity index (χ3v) is 4.95. The zero-order valence-corrected chi connectivity index (χ0v) is 13.7. The van der Waals surface area contributed by atoms with Gasteiger partial charge in [0.1, 0.15) is 0 Å². The lowest BCUT2D eigenvalue weighted by Crippen LogP contribution is -2.35. The first-order chi connectivity index (χ1) is 10.7. The molecule has 0 fully saturated rings. The second-order valence-corrected chi connectivity index (χ2v) is 6.64. The van der Waals surface area contributed by atoms with E-state index in [1.807, 2.05) is 20.2 Å². The minimum Gasteiger partial charge on any atom is -0.349 e. The first-order valence-electron chi connectivity index (χ1n) is 7.41. The smallest absolute Gasteiger partial charge is 0.272 e. The SMILES string of the molecule is CN(C)C(CNC(=O)c1n[nH]c2c1CNCC2)c1cccs1. The van der Waals surface area contributed by atoms with Gasteiger partial charge in [0.05, 0.1) is 6.04 Å². The van der Waals surface area contributed by atoms with Gasteiger partial charge in [-0.1, -0.05) is 6.07 Å². The molecule has 0 bridgehead atoms. The highest BCUT2D eigenvalue weighted by atomic mass is 32.1. The molecule has 2 aromatic heterocycles. The molecule has 0 aliphatic carbocycles. The number of rotatable bonds is 5. The number of hydrogen-bond acceptors (Lipinski definition) is 5. The van der Waals surface area contributed by atoms with Crippen LogP contribution in [0.5, 0.6) is 0 Å². The van der Waals surface area contributed by atoms with Crippen molar-refractivity contribution in [3.63, 3.8) is 0 Å². The summed E-state index contributed by atoms with van der Waals surface area (Å²) >= 11 is 1.71. The quantitative estimate of drug-likeness (QED) is 0.773. The molecule has 1 atom stereocenters. The summed E-state index contributed by atoms with van der Waals surface area (Å²) in [5.41, 5.74) is 2.60. The molecule has 0 radical (unpaired) electrons. The lowest BCUT2D eigenvalue weighted by atomic mass is 10.1. The van der Waals surface area contributed by atoms with Crippen LogP contribution < -0.4 is 10.6 Å². The van der Waals surface area contributed by atoms with Crippen LogP contribution in [0.3, 0.4) is 0 Å². The molecule has 0 saturated heterocycles. The number of nitrogens with zero attached hydrogens (tertiary/aromatic N) is 2. The Hall–Kier alpha value is -1.70. The van der Waals surface area contributed by atoms with Crippen molar-refractivity contribution >= 4 is 17.2 Å². The monoisotopic (exact) mass is 319 g/mol. The van der Waals surface area contributed by atoms with E-state index in [2.05, 4.69) is 37.2 Å². The van der Waals surface area contributed by atoms with Crippen LogP contribution >= 0.6 is 11.3 Å².